The zero-order valence-corrected chi connectivity index (χ0v) is 10.3. The number of nitriles is 1. The molecule has 1 aliphatic carbocycles. The Balaban J connectivity index is 1.93. The van der Waals surface area contributed by atoms with Crippen LogP contribution in [0.15, 0.2) is 18.2 Å². The summed E-state index contributed by atoms with van der Waals surface area (Å²) in [5, 5.41) is 11.8. The lowest BCUT2D eigenvalue weighted by molar-refractivity contribution is 0.293. The summed E-state index contributed by atoms with van der Waals surface area (Å²) in [6.45, 7) is 1.01. The van der Waals surface area contributed by atoms with E-state index in [1.54, 1.807) is 6.07 Å². The Kier molecular flexibility index (Phi) is 4.54. The Labute approximate surface area is 107 Å². The van der Waals surface area contributed by atoms with E-state index < -0.39 is 0 Å². The molecule has 0 saturated heterocycles. The van der Waals surface area contributed by atoms with Gasteiger partial charge in [0.25, 0.3) is 0 Å². The van der Waals surface area contributed by atoms with Gasteiger partial charge in [0.2, 0.25) is 0 Å². The maximum absolute atomic E-state index is 13.7. The van der Waals surface area contributed by atoms with E-state index in [1.165, 1.54) is 18.9 Å². The van der Waals surface area contributed by atoms with Crippen LogP contribution < -0.4 is 10.1 Å². The molecule has 0 aliphatic heterocycles. The molecule has 1 aromatic carbocycles. The van der Waals surface area contributed by atoms with E-state index in [9.17, 15) is 4.39 Å². The molecular formula is C14H17FN2O. The van der Waals surface area contributed by atoms with Crippen LogP contribution in [-0.4, -0.2) is 12.6 Å². The topological polar surface area (TPSA) is 45.0 Å². The Hall–Kier alpha value is -1.60. The standard InChI is InChI=1S/C14H17FN2O/c15-13-5-3-4-11(10-17-12-6-7-12)14(13)18-9-2-1-8-16/h3-5,12,17H,1-2,6-7,9-10H2. The number of para-hydroxylation sites is 1. The van der Waals surface area contributed by atoms with Gasteiger partial charge >= 0.3 is 0 Å². The van der Waals surface area contributed by atoms with E-state index in [-0.39, 0.29) is 5.82 Å². The van der Waals surface area contributed by atoms with Gasteiger partial charge in [-0.05, 0) is 25.3 Å². The molecule has 0 atom stereocenters. The first-order valence-electron chi connectivity index (χ1n) is 6.32. The Bertz CT molecular complexity index is 438. The SMILES string of the molecule is N#CCCCOc1c(F)cccc1CNC1CC1. The molecule has 1 aliphatic rings. The average Bonchev–Trinajstić information content (AvgIpc) is 3.18. The van der Waals surface area contributed by atoms with Crippen molar-refractivity contribution in [1.29, 1.82) is 5.26 Å². The third-order valence-electron chi connectivity index (χ3n) is 2.89. The van der Waals surface area contributed by atoms with Crippen molar-refractivity contribution in [1.82, 2.24) is 5.32 Å². The molecule has 0 bridgehead atoms. The molecular weight excluding hydrogens is 231 g/mol. The molecule has 2 rings (SSSR count). The molecule has 1 aromatic rings. The highest BCUT2D eigenvalue weighted by Gasteiger charge is 2.21. The number of rotatable bonds is 7. The minimum Gasteiger partial charge on any atom is -0.490 e. The smallest absolute Gasteiger partial charge is 0.165 e. The number of nitrogens with one attached hydrogen (secondary N) is 1. The predicted molar refractivity (Wildman–Crippen MR) is 66.6 cm³/mol. The van der Waals surface area contributed by atoms with Crippen molar-refractivity contribution in [3.8, 4) is 11.8 Å². The second-order valence-electron chi connectivity index (χ2n) is 4.49. The van der Waals surface area contributed by atoms with Crippen LogP contribution in [0.2, 0.25) is 0 Å². The normalized spacial score (nSPS) is 14.2. The third kappa shape index (κ3) is 3.71. The van der Waals surface area contributed by atoms with Gasteiger partial charge in [-0.1, -0.05) is 12.1 Å². The highest BCUT2D eigenvalue weighted by molar-refractivity contribution is 5.35. The largest absolute Gasteiger partial charge is 0.490 e. The predicted octanol–water partition coefficient (Wildman–Crippen LogP) is 2.76. The molecule has 96 valence electrons. The fourth-order valence-electron chi connectivity index (χ4n) is 1.72. The molecule has 0 amide bonds. The Morgan fingerprint density at radius 3 is 3.00 bits per heavy atom. The summed E-state index contributed by atoms with van der Waals surface area (Å²) in [5.41, 5.74) is 0.846. The van der Waals surface area contributed by atoms with Gasteiger partial charge < -0.3 is 10.1 Å². The number of ether oxygens (including phenoxy) is 1. The summed E-state index contributed by atoms with van der Waals surface area (Å²) in [5.74, 6) is -0.00866. The van der Waals surface area contributed by atoms with Gasteiger partial charge in [0.1, 0.15) is 0 Å². The van der Waals surface area contributed by atoms with Crippen LogP contribution in [0.25, 0.3) is 0 Å². The number of hydrogen-bond acceptors (Lipinski definition) is 3. The van der Waals surface area contributed by atoms with Crippen LogP contribution in [0.1, 0.15) is 31.2 Å². The molecule has 18 heavy (non-hydrogen) atoms. The number of nitrogens with zero attached hydrogens (tertiary/aromatic N) is 1. The molecule has 0 radical (unpaired) electrons. The Morgan fingerprint density at radius 1 is 1.44 bits per heavy atom. The molecule has 4 heteroatoms. The van der Waals surface area contributed by atoms with Crippen molar-refractivity contribution in [2.24, 2.45) is 0 Å². The highest BCUT2D eigenvalue weighted by atomic mass is 19.1. The lowest BCUT2D eigenvalue weighted by atomic mass is 10.2. The summed E-state index contributed by atoms with van der Waals surface area (Å²) in [6.07, 6.45) is 3.46. The summed E-state index contributed by atoms with van der Waals surface area (Å²) in [6, 6.07) is 7.60. The molecule has 1 saturated carbocycles. The van der Waals surface area contributed by atoms with Crippen LogP contribution in [0, 0.1) is 17.1 Å². The van der Waals surface area contributed by atoms with Gasteiger partial charge in [-0.3, -0.25) is 0 Å². The molecule has 1 N–H and O–H groups in total. The maximum Gasteiger partial charge on any atom is 0.165 e. The zero-order chi connectivity index (χ0) is 12.8. The molecule has 0 unspecified atom stereocenters. The van der Waals surface area contributed by atoms with Crippen molar-refractivity contribution >= 4 is 0 Å². The summed E-state index contributed by atoms with van der Waals surface area (Å²) >= 11 is 0. The maximum atomic E-state index is 13.7. The highest BCUT2D eigenvalue weighted by Crippen LogP contribution is 2.25. The van der Waals surface area contributed by atoms with Crippen molar-refractivity contribution in [3.05, 3.63) is 29.6 Å². The summed E-state index contributed by atoms with van der Waals surface area (Å²) in [4.78, 5) is 0. The lowest BCUT2D eigenvalue weighted by Crippen LogP contribution is -2.16. The van der Waals surface area contributed by atoms with Crippen LogP contribution in [0.4, 0.5) is 4.39 Å². The van der Waals surface area contributed by atoms with E-state index in [4.69, 9.17) is 10.00 Å². The lowest BCUT2D eigenvalue weighted by Gasteiger charge is -2.12. The summed E-state index contributed by atoms with van der Waals surface area (Å²) in [7, 11) is 0. The van der Waals surface area contributed by atoms with Crippen molar-refractivity contribution < 1.29 is 9.13 Å². The van der Waals surface area contributed by atoms with Gasteiger partial charge in [-0.15, -0.1) is 0 Å². The number of unbranched alkanes of at least 4 members (excludes halogenated alkanes) is 1. The minimum absolute atomic E-state index is 0.323. The summed E-state index contributed by atoms with van der Waals surface area (Å²) < 4.78 is 19.1. The quantitative estimate of drug-likeness (QED) is 0.755. The van der Waals surface area contributed by atoms with Gasteiger partial charge in [0.05, 0.1) is 12.7 Å². The van der Waals surface area contributed by atoms with Gasteiger partial charge in [-0.2, -0.15) is 5.26 Å². The van der Waals surface area contributed by atoms with E-state index in [2.05, 4.69) is 5.32 Å². The van der Waals surface area contributed by atoms with Crippen LogP contribution in [-0.2, 0) is 6.54 Å². The zero-order valence-electron chi connectivity index (χ0n) is 10.3. The van der Waals surface area contributed by atoms with Crippen LogP contribution in [0.5, 0.6) is 5.75 Å². The molecule has 0 spiro atoms. The monoisotopic (exact) mass is 248 g/mol. The third-order valence-corrected chi connectivity index (χ3v) is 2.89. The Morgan fingerprint density at radius 2 is 2.28 bits per heavy atom. The molecule has 0 aromatic heterocycles. The average molecular weight is 248 g/mol. The van der Waals surface area contributed by atoms with Gasteiger partial charge in [-0.25, -0.2) is 4.39 Å². The first-order chi connectivity index (χ1) is 8.81. The van der Waals surface area contributed by atoms with Crippen molar-refractivity contribution in [3.63, 3.8) is 0 Å². The second kappa shape index (κ2) is 6.36. The van der Waals surface area contributed by atoms with Gasteiger partial charge in [0, 0.05) is 24.6 Å². The van der Waals surface area contributed by atoms with Crippen LogP contribution >= 0.6 is 0 Å². The fraction of sp³-hybridized carbons (Fsp3) is 0.500. The van der Waals surface area contributed by atoms with E-state index in [0.29, 0.717) is 37.8 Å². The van der Waals surface area contributed by atoms with Crippen LogP contribution in [0.3, 0.4) is 0 Å². The first-order valence-corrected chi connectivity index (χ1v) is 6.32. The van der Waals surface area contributed by atoms with Crippen molar-refractivity contribution in [2.45, 2.75) is 38.3 Å². The minimum atomic E-state index is -0.331. The second-order valence-corrected chi connectivity index (χ2v) is 4.49. The molecule has 1 fully saturated rings. The number of hydrogen-bond donors (Lipinski definition) is 1. The van der Waals surface area contributed by atoms with E-state index in [0.717, 1.165) is 5.56 Å². The number of benzene rings is 1. The number of halogens is 1. The van der Waals surface area contributed by atoms with Gasteiger partial charge in [0.15, 0.2) is 11.6 Å². The molecule has 3 nitrogen and oxygen atoms in total. The van der Waals surface area contributed by atoms with Crippen molar-refractivity contribution in [2.75, 3.05) is 6.61 Å². The molecule has 0 heterocycles. The van der Waals surface area contributed by atoms with E-state index in [1.807, 2.05) is 12.1 Å². The van der Waals surface area contributed by atoms with E-state index >= 15 is 0 Å². The first kappa shape index (κ1) is 12.8. The fourth-order valence-corrected chi connectivity index (χ4v) is 1.72.